The van der Waals surface area contributed by atoms with Gasteiger partial charge in [0, 0.05) is 18.1 Å². The van der Waals surface area contributed by atoms with E-state index in [9.17, 15) is 14.4 Å². The van der Waals surface area contributed by atoms with E-state index in [2.05, 4.69) is 4.74 Å². The van der Waals surface area contributed by atoms with Crippen LogP contribution in [0.15, 0.2) is 11.6 Å². The summed E-state index contributed by atoms with van der Waals surface area (Å²) in [5, 5.41) is 8.61. The van der Waals surface area contributed by atoms with Crippen LogP contribution < -0.4 is 0 Å². The number of nitrogens with zero attached hydrogens (tertiary/aromatic N) is 2. The van der Waals surface area contributed by atoms with Gasteiger partial charge in [-0.25, -0.2) is 14.5 Å². The van der Waals surface area contributed by atoms with Gasteiger partial charge in [0.05, 0.1) is 13.2 Å². The Morgan fingerprint density at radius 3 is 2.50 bits per heavy atom. The molecule has 0 aromatic carbocycles. The molecule has 0 N–H and O–H groups in total. The summed E-state index contributed by atoms with van der Waals surface area (Å²) in [6.45, 7) is 4.93. The molecule has 7 nitrogen and oxygen atoms in total. The van der Waals surface area contributed by atoms with E-state index in [0.717, 1.165) is 13.2 Å². The molecule has 1 rings (SSSR count). The molecule has 1 unspecified atom stereocenters. The third-order valence-electron chi connectivity index (χ3n) is 2.52. The second-order valence-corrected chi connectivity index (χ2v) is 5.20. The highest BCUT2D eigenvalue weighted by Gasteiger charge is 2.45. The number of hydrogen-bond acceptors (Lipinski definition) is 6. The summed E-state index contributed by atoms with van der Waals surface area (Å²) in [4.78, 5) is 36.4. The van der Waals surface area contributed by atoms with Gasteiger partial charge in [-0.15, -0.1) is 0 Å². The van der Waals surface area contributed by atoms with Gasteiger partial charge in [0.25, 0.3) is 5.91 Å². The van der Waals surface area contributed by atoms with Gasteiger partial charge < -0.3 is 9.47 Å². The Morgan fingerprint density at radius 1 is 1.45 bits per heavy atom. The minimum Gasteiger partial charge on any atom is -0.467 e. The van der Waals surface area contributed by atoms with Gasteiger partial charge in [-0.3, -0.25) is 4.79 Å². The number of nitriles is 1. The second kappa shape index (κ2) is 5.74. The first-order chi connectivity index (χ1) is 9.21. The third-order valence-corrected chi connectivity index (χ3v) is 2.52. The maximum Gasteiger partial charge on any atom is 0.418 e. The van der Waals surface area contributed by atoms with Crippen molar-refractivity contribution in [1.82, 2.24) is 4.90 Å². The molecular weight excluding hydrogens is 264 g/mol. The van der Waals surface area contributed by atoms with Crippen molar-refractivity contribution in [3.8, 4) is 6.07 Å². The number of amides is 2. The van der Waals surface area contributed by atoms with Crippen molar-refractivity contribution in [2.75, 3.05) is 7.11 Å². The van der Waals surface area contributed by atoms with Crippen molar-refractivity contribution < 1.29 is 23.9 Å². The van der Waals surface area contributed by atoms with Gasteiger partial charge >= 0.3 is 12.1 Å². The van der Waals surface area contributed by atoms with Crippen LogP contribution in [0.25, 0.3) is 0 Å². The van der Waals surface area contributed by atoms with E-state index in [1.54, 1.807) is 26.8 Å². The standard InChI is InChI=1S/C13H16N2O5/c1-13(2,3)20-12(18)15-9(11(17)19-4)7-8(5-6-14)10(15)16/h5,9H,7H2,1-4H3. The zero-order valence-electron chi connectivity index (χ0n) is 11.8. The van der Waals surface area contributed by atoms with E-state index in [0.29, 0.717) is 4.90 Å². The predicted molar refractivity (Wildman–Crippen MR) is 67.2 cm³/mol. The molecule has 2 amide bonds. The Hall–Kier alpha value is -2.36. The minimum absolute atomic E-state index is 0.0572. The average molecular weight is 280 g/mol. The molecule has 0 aliphatic carbocycles. The molecule has 0 saturated carbocycles. The lowest BCUT2D eigenvalue weighted by molar-refractivity contribution is -0.148. The van der Waals surface area contributed by atoms with Gasteiger partial charge in [-0.05, 0) is 20.8 Å². The van der Waals surface area contributed by atoms with Crippen LogP contribution in [-0.4, -0.2) is 41.6 Å². The Labute approximate surface area is 116 Å². The highest BCUT2D eigenvalue weighted by molar-refractivity contribution is 6.09. The first-order valence-electron chi connectivity index (χ1n) is 5.94. The first-order valence-corrected chi connectivity index (χ1v) is 5.94. The summed E-state index contributed by atoms with van der Waals surface area (Å²) in [5.74, 6) is -1.44. The lowest BCUT2D eigenvalue weighted by Crippen LogP contribution is -2.45. The SMILES string of the molecule is COC(=O)C1CC(=CC#N)C(=O)N1C(=O)OC(C)(C)C. The number of imide groups is 1. The molecule has 20 heavy (non-hydrogen) atoms. The van der Waals surface area contributed by atoms with Crippen molar-refractivity contribution in [3.05, 3.63) is 11.6 Å². The molecule has 108 valence electrons. The van der Waals surface area contributed by atoms with Crippen LogP contribution in [-0.2, 0) is 19.1 Å². The van der Waals surface area contributed by atoms with Crippen molar-refractivity contribution in [3.63, 3.8) is 0 Å². The summed E-state index contributed by atoms with van der Waals surface area (Å²) in [5.41, 5.74) is -0.728. The smallest absolute Gasteiger partial charge is 0.418 e. The van der Waals surface area contributed by atoms with Crippen molar-refractivity contribution in [2.45, 2.75) is 38.8 Å². The topological polar surface area (TPSA) is 96.7 Å². The molecule has 0 aromatic heterocycles. The van der Waals surface area contributed by atoms with E-state index >= 15 is 0 Å². The van der Waals surface area contributed by atoms with Gasteiger partial charge in [0.15, 0.2) is 0 Å². The quantitative estimate of drug-likeness (QED) is 0.406. The third kappa shape index (κ3) is 3.35. The monoisotopic (exact) mass is 280 g/mol. The molecule has 1 aliphatic heterocycles. The van der Waals surface area contributed by atoms with Crippen LogP contribution in [0, 0.1) is 11.3 Å². The van der Waals surface area contributed by atoms with E-state index in [1.165, 1.54) is 0 Å². The van der Waals surface area contributed by atoms with E-state index in [1.807, 2.05) is 0 Å². The highest BCUT2D eigenvalue weighted by Crippen LogP contribution is 2.27. The molecule has 0 radical (unpaired) electrons. The van der Waals surface area contributed by atoms with E-state index < -0.39 is 29.6 Å². The number of esters is 1. The van der Waals surface area contributed by atoms with Gasteiger partial charge in [0.1, 0.15) is 11.6 Å². The number of likely N-dealkylation sites (tertiary alicyclic amines) is 1. The first kappa shape index (κ1) is 15.7. The number of allylic oxidation sites excluding steroid dienone is 1. The van der Waals surface area contributed by atoms with Crippen LogP contribution in [0.2, 0.25) is 0 Å². The number of carbonyl (C=O) groups excluding carboxylic acids is 3. The maximum absolute atomic E-state index is 12.1. The second-order valence-electron chi connectivity index (χ2n) is 5.20. The van der Waals surface area contributed by atoms with Gasteiger partial charge in [-0.2, -0.15) is 5.26 Å². The summed E-state index contributed by atoms with van der Waals surface area (Å²) >= 11 is 0. The normalized spacial score (nSPS) is 20.8. The summed E-state index contributed by atoms with van der Waals surface area (Å²) in [6.07, 6.45) is 0.0280. The van der Waals surface area contributed by atoms with Crippen molar-refractivity contribution in [1.29, 1.82) is 5.26 Å². The van der Waals surface area contributed by atoms with Gasteiger partial charge in [-0.1, -0.05) is 0 Å². The fourth-order valence-corrected chi connectivity index (χ4v) is 1.73. The summed E-state index contributed by atoms with van der Waals surface area (Å²) in [6, 6.07) is 0.616. The van der Waals surface area contributed by atoms with Gasteiger partial charge in [0.2, 0.25) is 0 Å². The molecule has 0 aromatic rings. The predicted octanol–water partition coefficient (Wildman–Crippen LogP) is 1.15. The zero-order chi connectivity index (χ0) is 15.5. The van der Waals surface area contributed by atoms with E-state index in [4.69, 9.17) is 10.00 Å². The van der Waals surface area contributed by atoms with E-state index in [-0.39, 0.29) is 12.0 Å². The largest absolute Gasteiger partial charge is 0.467 e. The van der Waals surface area contributed by atoms with Crippen LogP contribution >= 0.6 is 0 Å². The molecular formula is C13H16N2O5. The summed E-state index contributed by atoms with van der Waals surface area (Å²) in [7, 11) is 1.16. The van der Waals surface area contributed by atoms with Crippen molar-refractivity contribution in [2.24, 2.45) is 0 Å². The molecule has 1 heterocycles. The number of rotatable bonds is 1. The molecule has 7 heteroatoms. The number of methoxy groups -OCH3 is 1. The van der Waals surface area contributed by atoms with Crippen LogP contribution in [0.1, 0.15) is 27.2 Å². The van der Waals surface area contributed by atoms with Crippen LogP contribution in [0.5, 0.6) is 0 Å². The van der Waals surface area contributed by atoms with Crippen molar-refractivity contribution >= 4 is 18.0 Å². The minimum atomic E-state index is -1.10. The molecule has 1 aliphatic rings. The fourth-order valence-electron chi connectivity index (χ4n) is 1.73. The summed E-state index contributed by atoms with van der Waals surface area (Å²) < 4.78 is 9.66. The lowest BCUT2D eigenvalue weighted by atomic mass is 10.1. The lowest BCUT2D eigenvalue weighted by Gasteiger charge is -2.25. The number of ether oxygens (including phenoxy) is 2. The number of carbonyl (C=O) groups is 3. The number of hydrogen-bond donors (Lipinski definition) is 0. The molecule has 1 saturated heterocycles. The van der Waals surface area contributed by atoms with Crippen LogP contribution in [0.3, 0.4) is 0 Å². The van der Waals surface area contributed by atoms with Crippen LogP contribution in [0.4, 0.5) is 4.79 Å². The fraction of sp³-hybridized carbons (Fsp3) is 0.538. The molecule has 0 bridgehead atoms. The molecule has 1 atom stereocenters. The Morgan fingerprint density at radius 2 is 2.05 bits per heavy atom. The maximum atomic E-state index is 12.1. The zero-order valence-corrected chi connectivity index (χ0v) is 11.8. The Bertz CT molecular complexity index is 510. The molecule has 0 spiro atoms. The molecule has 1 fully saturated rings. The Balaban J connectivity index is 3.08. The highest BCUT2D eigenvalue weighted by atomic mass is 16.6. The average Bonchev–Trinajstić information content (AvgIpc) is 2.64. The Kier molecular flexibility index (Phi) is 4.50.